The van der Waals surface area contributed by atoms with Crippen LogP contribution in [0.25, 0.3) is 0 Å². The highest BCUT2D eigenvalue weighted by atomic mass is 31.2. The van der Waals surface area contributed by atoms with Gasteiger partial charge in [0, 0.05) is 0 Å². The first-order valence-electron chi connectivity index (χ1n) is 10.2. The Morgan fingerprint density at radius 1 is 0.885 bits per heavy atom. The Balaban J connectivity index is 3.11. The average Bonchev–Trinajstić information content (AvgIpc) is 2.64. The standard InChI is InChI=1S/C19H40BO5P/c1-10-11-12-13-14-17(20-24-18(6,7)19(8,9)25-20)26(21,22-15(2)3)23-16(4)5/h15-17H,10-14H2,1-9H3. The molecular weight excluding hydrogens is 350 g/mol. The summed E-state index contributed by atoms with van der Waals surface area (Å²) < 4.78 is 38.1. The van der Waals surface area contributed by atoms with Gasteiger partial charge in [0.25, 0.3) is 0 Å². The Kier molecular flexibility index (Phi) is 8.89. The highest BCUT2D eigenvalue weighted by Gasteiger charge is 2.58. The van der Waals surface area contributed by atoms with Crippen molar-refractivity contribution in [3.8, 4) is 0 Å². The van der Waals surface area contributed by atoms with Crippen molar-refractivity contribution < 1.29 is 22.9 Å². The maximum absolute atomic E-state index is 13.8. The Hall–Kier alpha value is 0.135. The molecule has 1 aliphatic heterocycles. The molecule has 1 fully saturated rings. The number of unbranched alkanes of at least 4 members (excludes halogenated alkanes) is 3. The van der Waals surface area contributed by atoms with Crippen molar-refractivity contribution in [2.75, 3.05) is 0 Å². The molecule has 26 heavy (non-hydrogen) atoms. The first-order chi connectivity index (χ1) is 11.8. The summed E-state index contributed by atoms with van der Waals surface area (Å²) in [4.78, 5) is 0. The molecule has 0 bridgehead atoms. The lowest BCUT2D eigenvalue weighted by atomic mass is 9.81. The van der Waals surface area contributed by atoms with E-state index in [2.05, 4.69) is 6.92 Å². The number of hydrogen-bond donors (Lipinski definition) is 0. The van der Waals surface area contributed by atoms with Crippen LogP contribution in [-0.2, 0) is 22.9 Å². The third kappa shape index (κ3) is 6.34. The third-order valence-electron chi connectivity index (χ3n) is 5.06. The minimum Gasteiger partial charge on any atom is -0.403 e. The lowest BCUT2D eigenvalue weighted by Crippen LogP contribution is -2.41. The molecule has 1 aliphatic rings. The van der Waals surface area contributed by atoms with Gasteiger partial charge in [0.15, 0.2) is 0 Å². The van der Waals surface area contributed by atoms with Gasteiger partial charge in [-0.25, -0.2) is 0 Å². The molecule has 154 valence electrons. The Morgan fingerprint density at radius 3 is 1.73 bits per heavy atom. The third-order valence-corrected chi connectivity index (χ3v) is 7.81. The lowest BCUT2D eigenvalue weighted by molar-refractivity contribution is 0.00578. The van der Waals surface area contributed by atoms with Crippen molar-refractivity contribution in [1.29, 1.82) is 0 Å². The first-order valence-corrected chi connectivity index (χ1v) is 11.8. The first kappa shape index (κ1) is 24.2. The van der Waals surface area contributed by atoms with Gasteiger partial charge in [-0.05, 0) is 61.8 Å². The second-order valence-electron chi connectivity index (χ2n) is 8.89. The summed E-state index contributed by atoms with van der Waals surface area (Å²) in [6.45, 7) is 17.8. The van der Waals surface area contributed by atoms with Gasteiger partial charge in [0.1, 0.15) is 0 Å². The van der Waals surface area contributed by atoms with E-state index in [4.69, 9.17) is 18.4 Å². The Morgan fingerprint density at radius 2 is 1.35 bits per heavy atom. The van der Waals surface area contributed by atoms with E-state index in [1.54, 1.807) is 0 Å². The van der Waals surface area contributed by atoms with Gasteiger partial charge in [-0.1, -0.05) is 32.6 Å². The molecule has 0 aromatic heterocycles. The van der Waals surface area contributed by atoms with Gasteiger partial charge < -0.3 is 18.4 Å². The summed E-state index contributed by atoms with van der Waals surface area (Å²) in [7, 11) is -3.99. The van der Waals surface area contributed by atoms with Crippen LogP contribution < -0.4 is 0 Å². The van der Waals surface area contributed by atoms with Crippen LogP contribution in [0.5, 0.6) is 0 Å². The van der Waals surface area contributed by atoms with Crippen LogP contribution in [0, 0.1) is 0 Å². The zero-order chi connectivity index (χ0) is 20.2. The minimum absolute atomic E-state index is 0.194. The average molecular weight is 390 g/mol. The van der Waals surface area contributed by atoms with Crippen molar-refractivity contribution in [2.24, 2.45) is 0 Å². The summed E-state index contributed by atoms with van der Waals surface area (Å²) in [5.74, 6) is 0. The minimum atomic E-state index is -3.40. The predicted molar refractivity (Wildman–Crippen MR) is 109 cm³/mol. The fraction of sp³-hybridized carbons (Fsp3) is 1.00. The van der Waals surface area contributed by atoms with Crippen LogP contribution >= 0.6 is 7.60 Å². The molecule has 0 aliphatic carbocycles. The molecule has 1 saturated heterocycles. The van der Waals surface area contributed by atoms with Crippen molar-refractivity contribution >= 4 is 14.7 Å². The van der Waals surface area contributed by atoms with Crippen molar-refractivity contribution in [3.05, 3.63) is 0 Å². The van der Waals surface area contributed by atoms with E-state index >= 15 is 0 Å². The van der Waals surface area contributed by atoms with Crippen molar-refractivity contribution in [1.82, 2.24) is 0 Å². The second kappa shape index (κ2) is 9.56. The van der Waals surface area contributed by atoms with Crippen LogP contribution in [-0.4, -0.2) is 36.1 Å². The van der Waals surface area contributed by atoms with Gasteiger partial charge in [-0.2, -0.15) is 0 Å². The fourth-order valence-corrected chi connectivity index (χ4v) is 5.49. The van der Waals surface area contributed by atoms with Crippen LogP contribution in [0.1, 0.15) is 94.4 Å². The Bertz CT molecular complexity index is 449. The molecule has 1 unspecified atom stereocenters. The summed E-state index contributed by atoms with van der Waals surface area (Å²) >= 11 is 0. The van der Waals surface area contributed by atoms with Crippen LogP contribution in [0.15, 0.2) is 0 Å². The van der Waals surface area contributed by atoms with Gasteiger partial charge in [-0.15, -0.1) is 0 Å². The van der Waals surface area contributed by atoms with Gasteiger partial charge in [0.2, 0.25) is 0 Å². The van der Waals surface area contributed by atoms with Gasteiger partial charge in [-0.3, -0.25) is 4.57 Å². The molecule has 7 heteroatoms. The summed E-state index contributed by atoms with van der Waals surface area (Å²) in [6.07, 6.45) is 4.68. The highest BCUT2D eigenvalue weighted by Crippen LogP contribution is 2.59. The summed E-state index contributed by atoms with van der Waals surface area (Å²) in [6, 6.07) is 0. The molecule has 1 atom stereocenters. The molecule has 0 spiro atoms. The quantitative estimate of drug-likeness (QED) is 0.246. The Labute approximate surface area is 161 Å². The molecule has 0 amide bonds. The van der Waals surface area contributed by atoms with E-state index in [0.717, 1.165) is 25.7 Å². The molecule has 0 saturated carbocycles. The molecule has 0 N–H and O–H groups in total. The van der Waals surface area contributed by atoms with Crippen molar-refractivity contribution in [2.45, 2.75) is 123 Å². The summed E-state index contributed by atoms with van der Waals surface area (Å²) in [5.41, 5.74) is -1.37. The topological polar surface area (TPSA) is 54.0 Å². The zero-order valence-electron chi connectivity index (χ0n) is 18.3. The molecule has 0 radical (unpaired) electrons. The molecule has 0 aromatic carbocycles. The van der Waals surface area contributed by atoms with E-state index in [9.17, 15) is 4.57 Å². The highest BCUT2D eigenvalue weighted by molar-refractivity contribution is 7.57. The molecule has 5 nitrogen and oxygen atoms in total. The van der Waals surface area contributed by atoms with E-state index in [1.807, 2.05) is 55.4 Å². The van der Waals surface area contributed by atoms with Crippen LogP contribution in [0.4, 0.5) is 0 Å². The number of rotatable bonds is 11. The monoisotopic (exact) mass is 390 g/mol. The maximum Gasteiger partial charge on any atom is 0.473 e. The molecular formula is C19H40BO5P. The van der Waals surface area contributed by atoms with Crippen LogP contribution in [0.3, 0.4) is 0 Å². The SMILES string of the molecule is CCCCCCC(B1OC(C)(C)C(C)(C)O1)P(=O)(OC(C)C)OC(C)C. The normalized spacial score (nSPS) is 21.0. The molecule has 0 aromatic rings. The fourth-order valence-electron chi connectivity index (χ4n) is 3.04. The van der Waals surface area contributed by atoms with E-state index in [-0.39, 0.29) is 12.2 Å². The van der Waals surface area contributed by atoms with Gasteiger partial charge >= 0.3 is 14.7 Å². The maximum atomic E-state index is 13.8. The largest absolute Gasteiger partial charge is 0.473 e. The van der Waals surface area contributed by atoms with Crippen molar-refractivity contribution in [3.63, 3.8) is 0 Å². The smallest absolute Gasteiger partial charge is 0.403 e. The van der Waals surface area contributed by atoms with Gasteiger partial charge in [0.05, 0.1) is 29.0 Å². The number of hydrogen-bond acceptors (Lipinski definition) is 5. The molecule has 1 heterocycles. The van der Waals surface area contributed by atoms with E-state index in [0.29, 0.717) is 6.42 Å². The zero-order valence-corrected chi connectivity index (χ0v) is 19.2. The summed E-state index contributed by atoms with van der Waals surface area (Å²) in [5, 5.41) is 0. The van der Waals surface area contributed by atoms with E-state index in [1.165, 1.54) is 0 Å². The van der Waals surface area contributed by atoms with E-state index < -0.39 is 31.5 Å². The van der Waals surface area contributed by atoms with Crippen LogP contribution in [0.2, 0.25) is 0 Å². The molecule has 1 rings (SSSR count). The predicted octanol–water partition coefficient (Wildman–Crippen LogP) is 6.00. The lowest BCUT2D eigenvalue weighted by Gasteiger charge is -2.32. The second-order valence-corrected chi connectivity index (χ2v) is 11.1.